The summed E-state index contributed by atoms with van der Waals surface area (Å²) in [6.07, 6.45) is 3.45. The van der Waals surface area contributed by atoms with E-state index in [1.807, 2.05) is 35.5 Å². The third kappa shape index (κ3) is 3.57. The van der Waals surface area contributed by atoms with Crippen LogP contribution in [0.4, 0.5) is 11.8 Å². The Bertz CT molecular complexity index is 1040. The second kappa shape index (κ2) is 8.13. The maximum absolute atomic E-state index is 13.1. The molecule has 156 valence electrons. The number of rotatable bonds is 6. The molecule has 0 radical (unpaired) electrons. The highest BCUT2D eigenvalue weighted by Crippen LogP contribution is 2.41. The molecule has 30 heavy (non-hydrogen) atoms. The molecule has 5 rings (SSSR count). The minimum Gasteiger partial charge on any atom is -0.379 e. The molecule has 2 aliphatic rings. The van der Waals surface area contributed by atoms with Crippen molar-refractivity contribution in [3.63, 3.8) is 0 Å². The predicted molar refractivity (Wildman–Crippen MR) is 113 cm³/mol. The number of nitrogens with zero attached hydrogens (tertiary/aromatic N) is 6. The van der Waals surface area contributed by atoms with Crippen molar-refractivity contribution >= 4 is 29.0 Å². The molecular weight excluding hydrogens is 402 g/mol. The minimum atomic E-state index is -0.191. The first-order valence-corrected chi connectivity index (χ1v) is 10.8. The topological polar surface area (TPSA) is 88.4 Å². The molecule has 9 nitrogen and oxygen atoms in total. The average Bonchev–Trinajstić information content (AvgIpc) is 3.46. The van der Waals surface area contributed by atoms with Gasteiger partial charge in [0.1, 0.15) is 11.9 Å². The van der Waals surface area contributed by atoms with Crippen LogP contribution in [0.2, 0.25) is 0 Å². The third-order valence-corrected chi connectivity index (χ3v) is 6.49. The molecule has 10 heteroatoms. The van der Waals surface area contributed by atoms with Gasteiger partial charge in [-0.1, -0.05) is 0 Å². The van der Waals surface area contributed by atoms with Gasteiger partial charge in [0, 0.05) is 50.4 Å². The van der Waals surface area contributed by atoms with Gasteiger partial charge in [-0.25, -0.2) is 9.97 Å². The van der Waals surface area contributed by atoms with Crippen molar-refractivity contribution in [1.29, 1.82) is 0 Å². The molecule has 0 aliphatic carbocycles. The fourth-order valence-electron chi connectivity index (χ4n) is 3.92. The zero-order valence-corrected chi connectivity index (χ0v) is 17.5. The number of thiophene rings is 1. The number of fused-ring (bicyclic) bond motifs is 1. The lowest BCUT2D eigenvalue weighted by atomic mass is 10.1. The van der Waals surface area contributed by atoms with Crippen LogP contribution in [0.15, 0.2) is 36.0 Å². The molecule has 5 heterocycles. The first kappa shape index (κ1) is 19.2. The summed E-state index contributed by atoms with van der Waals surface area (Å²) < 4.78 is 7.16. The first-order valence-electron chi connectivity index (χ1n) is 9.97. The monoisotopic (exact) mass is 425 g/mol. The van der Waals surface area contributed by atoms with Gasteiger partial charge >= 0.3 is 0 Å². The van der Waals surface area contributed by atoms with Crippen LogP contribution in [0.25, 0.3) is 0 Å². The summed E-state index contributed by atoms with van der Waals surface area (Å²) in [5.41, 5.74) is 1.60. The van der Waals surface area contributed by atoms with Crippen molar-refractivity contribution in [2.75, 3.05) is 44.7 Å². The average molecular weight is 426 g/mol. The lowest BCUT2D eigenvalue weighted by Crippen LogP contribution is -2.42. The molecule has 0 saturated carbocycles. The molecule has 1 amide bonds. The number of morpholine rings is 1. The standard InChI is InChI=1S/C20H23N7O2S/c1-25-16(3-6-22-25)24-20-21-5-2-15(23-20)17-18-14(4-13-30-18)19(28)27(17)8-7-26-9-11-29-12-10-26/h2-6,13,17H,7-12H2,1H3,(H,21,23,24). The van der Waals surface area contributed by atoms with Crippen molar-refractivity contribution in [2.24, 2.45) is 7.05 Å². The number of ether oxygens (including phenoxy) is 1. The number of aryl methyl sites for hydroxylation is 1. The highest BCUT2D eigenvalue weighted by molar-refractivity contribution is 7.10. The van der Waals surface area contributed by atoms with Crippen LogP contribution in [0.3, 0.4) is 0 Å². The van der Waals surface area contributed by atoms with Gasteiger partial charge in [-0.05, 0) is 17.5 Å². The second-order valence-electron chi connectivity index (χ2n) is 7.32. The molecule has 0 spiro atoms. The van der Waals surface area contributed by atoms with E-state index in [2.05, 4.69) is 20.3 Å². The van der Waals surface area contributed by atoms with E-state index in [1.54, 1.807) is 28.4 Å². The number of hydrogen-bond acceptors (Lipinski definition) is 8. The number of carbonyl (C=O) groups excluding carboxylic acids is 1. The molecule has 3 aromatic rings. The molecule has 0 bridgehead atoms. The SMILES string of the molecule is Cn1nccc1Nc1nccc(C2c3sccc3C(=O)N2CCN2CCOCC2)n1. The van der Waals surface area contributed by atoms with Crippen molar-refractivity contribution in [3.05, 3.63) is 52.1 Å². The van der Waals surface area contributed by atoms with E-state index < -0.39 is 0 Å². The van der Waals surface area contributed by atoms with Crippen LogP contribution in [0, 0.1) is 0 Å². The Kier molecular flexibility index (Phi) is 5.19. The maximum Gasteiger partial charge on any atom is 0.255 e. The minimum absolute atomic E-state index is 0.0734. The Hall–Kier alpha value is -2.82. The molecule has 2 aliphatic heterocycles. The Morgan fingerprint density at radius 2 is 2.07 bits per heavy atom. The summed E-state index contributed by atoms with van der Waals surface area (Å²) in [4.78, 5) is 27.5. The van der Waals surface area contributed by atoms with Crippen LogP contribution < -0.4 is 5.32 Å². The van der Waals surface area contributed by atoms with Gasteiger partial charge in [0.2, 0.25) is 5.95 Å². The Balaban J connectivity index is 1.40. The van der Waals surface area contributed by atoms with Gasteiger partial charge < -0.3 is 15.0 Å². The van der Waals surface area contributed by atoms with Crippen molar-refractivity contribution in [3.8, 4) is 0 Å². The van der Waals surface area contributed by atoms with Gasteiger partial charge in [0.15, 0.2) is 0 Å². The summed E-state index contributed by atoms with van der Waals surface area (Å²) in [7, 11) is 1.85. The first-order chi connectivity index (χ1) is 14.7. The summed E-state index contributed by atoms with van der Waals surface area (Å²) in [5.74, 6) is 1.36. The van der Waals surface area contributed by atoms with Crippen molar-refractivity contribution < 1.29 is 9.53 Å². The van der Waals surface area contributed by atoms with Crippen LogP contribution >= 0.6 is 11.3 Å². The van der Waals surface area contributed by atoms with Gasteiger partial charge in [-0.15, -0.1) is 11.3 Å². The summed E-state index contributed by atoms with van der Waals surface area (Å²) in [6.45, 7) is 4.78. The van der Waals surface area contributed by atoms with E-state index in [9.17, 15) is 4.79 Å². The number of aromatic nitrogens is 4. The number of hydrogen-bond donors (Lipinski definition) is 1. The fourth-order valence-corrected chi connectivity index (χ4v) is 4.93. The quantitative estimate of drug-likeness (QED) is 0.645. The number of nitrogens with one attached hydrogen (secondary N) is 1. The largest absolute Gasteiger partial charge is 0.379 e. The highest BCUT2D eigenvalue weighted by Gasteiger charge is 2.39. The van der Waals surface area contributed by atoms with Gasteiger partial charge in [-0.3, -0.25) is 14.4 Å². The van der Waals surface area contributed by atoms with E-state index in [4.69, 9.17) is 9.72 Å². The lowest BCUT2D eigenvalue weighted by Gasteiger charge is -2.31. The molecule has 1 N–H and O–H groups in total. The van der Waals surface area contributed by atoms with E-state index >= 15 is 0 Å². The van der Waals surface area contributed by atoms with Gasteiger partial charge in [0.25, 0.3) is 5.91 Å². The molecular formula is C20H23N7O2S. The number of carbonyl (C=O) groups is 1. The Morgan fingerprint density at radius 1 is 1.20 bits per heavy atom. The normalized spacial score (nSPS) is 19.3. The summed E-state index contributed by atoms with van der Waals surface area (Å²) in [6, 6.07) is 5.48. The van der Waals surface area contributed by atoms with Crippen LogP contribution in [0.5, 0.6) is 0 Å². The fraction of sp³-hybridized carbons (Fsp3) is 0.400. The summed E-state index contributed by atoms with van der Waals surface area (Å²) >= 11 is 1.61. The third-order valence-electron chi connectivity index (χ3n) is 5.53. The smallest absolute Gasteiger partial charge is 0.255 e. The lowest BCUT2D eigenvalue weighted by molar-refractivity contribution is 0.0316. The van der Waals surface area contributed by atoms with Crippen molar-refractivity contribution in [2.45, 2.75) is 6.04 Å². The van der Waals surface area contributed by atoms with Gasteiger partial charge in [0.05, 0.1) is 30.7 Å². The molecule has 1 saturated heterocycles. The predicted octanol–water partition coefficient (Wildman–Crippen LogP) is 1.89. The number of anilines is 2. The number of amides is 1. The van der Waals surface area contributed by atoms with E-state index in [0.717, 1.165) is 54.8 Å². The molecule has 1 unspecified atom stereocenters. The van der Waals surface area contributed by atoms with Gasteiger partial charge in [-0.2, -0.15) is 5.10 Å². The molecule has 1 fully saturated rings. The van der Waals surface area contributed by atoms with E-state index in [1.165, 1.54) is 0 Å². The molecule has 3 aromatic heterocycles. The Labute approximate surface area is 178 Å². The Morgan fingerprint density at radius 3 is 2.87 bits per heavy atom. The molecule has 0 aromatic carbocycles. The molecule has 1 atom stereocenters. The summed E-state index contributed by atoms with van der Waals surface area (Å²) in [5, 5.41) is 9.34. The highest BCUT2D eigenvalue weighted by atomic mass is 32.1. The van der Waals surface area contributed by atoms with E-state index in [-0.39, 0.29) is 11.9 Å². The van der Waals surface area contributed by atoms with Crippen LogP contribution in [0.1, 0.15) is 27.0 Å². The zero-order chi connectivity index (χ0) is 20.5. The second-order valence-corrected chi connectivity index (χ2v) is 8.27. The van der Waals surface area contributed by atoms with E-state index in [0.29, 0.717) is 12.5 Å². The van der Waals surface area contributed by atoms with Crippen molar-refractivity contribution in [1.82, 2.24) is 29.5 Å². The van der Waals surface area contributed by atoms with Crippen LogP contribution in [-0.2, 0) is 11.8 Å². The van der Waals surface area contributed by atoms with Crippen LogP contribution in [-0.4, -0.2) is 74.8 Å². The zero-order valence-electron chi connectivity index (χ0n) is 16.7. The maximum atomic E-state index is 13.1.